The highest BCUT2D eigenvalue weighted by Gasteiger charge is 2.22. The summed E-state index contributed by atoms with van der Waals surface area (Å²) in [6.07, 6.45) is 0.521. The van der Waals surface area contributed by atoms with Crippen LogP contribution >= 0.6 is 0 Å². The molecule has 0 bridgehead atoms. The number of unbranched alkanes of at least 4 members (excludes halogenated alkanes) is 1. The van der Waals surface area contributed by atoms with Crippen molar-refractivity contribution in [3.05, 3.63) is 47.5 Å². The zero-order chi connectivity index (χ0) is 36.5. The summed E-state index contributed by atoms with van der Waals surface area (Å²) in [5.74, 6) is -6.19. The maximum atomic E-state index is 12.9. The average molecular weight is 686 g/mol. The third-order valence-electron chi connectivity index (χ3n) is 6.38. The van der Waals surface area contributed by atoms with Gasteiger partial charge in [-0.2, -0.15) is 0 Å². The van der Waals surface area contributed by atoms with E-state index in [1.165, 1.54) is 41.3 Å². The first kappa shape index (κ1) is 39.4. The van der Waals surface area contributed by atoms with Crippen LogP contribution in [-0.2, 0) is 28.8 Å². The SMILES string of the molecule is CC(=O)Oc1cccc(C(=O)NCCCCN(CCCNC(=O)c2cccc(OC(C)=O)c2OC(C)=O)C(=O)CCC(=O)O)c1OC(C)=O. The summed E-state index contributed by atoms with van der Waals surface area (Å²) in [5.41, 5.74) is -0.0805. The van der Waals surface area contributed by atoms with Crippen molar-refractivity contribution in [3.8, 4) is 23.0 Å². The van der Waals surface area contributed by atoms with Gasteiger partial charge >= 0.3 is 29.8 Å². The first-order valence-corrected chi connectivity index (χ1v) is 15.2. The van der Waals surface area contributed by atoms with Crippen LogP contribution in [-0.4, -0.2) is 83.8 Å². The number of carboxylic acids is 1. The lowest BCUT2D eigenvalue weighted by Crippen LogP contribution is -2.36. The zero-order valence-electron chi connectivity index (χ0n) is 27.6. The summed E-state index contributed by atoms with van der Waals surface area (Å²) < 4.78 is 20.3. The van der Waals surface area contributed by atoms with Crippen molar-refractivity contribution in [2.24, 2.45) is 0 Å². The minimum absolute atomic E-state index is 0.0282. The molecule has 2 aromatic rings. The first-order chi connectivity index (χ1) is 23.2. The lowest BCUT2D eigenvalue weighted by molar-refractivity contribution is -0.141. The van der Waals surface area contributed by atoms with Gasteiger partial charge in [0.25, 0.3) is 11.8 Å². The molecule has 0 aliphatic heterocycles. The molecule has 2 rings (SSSR count). The minimum atomic E-state index is -1.13. The quantitative estimate of drug-likeness (QED) is 0.117. The van der Waals surface area contributed by atoms with Crippen LogP contribution in [0, 0.1) is 0 Å². The smallest absolute Gasteiger partial charge is 0.308 e. The fraction of sp³-hybridized carbons (Fsp3) is 0.394. The van der Waals surface area contributed by atoms with Gasteiger partial charge in [0.05, 0.1) is 17.5 Å². The van der Waals surface area contributed by atoms with Crippen molar-refractivity contribution in [1.82, 2.24) is 15.5 Å². The molecule has 0 unspecified atom stereocenters. The molecule has 264 valence electrons. The number of carbonyl (C=O) groups excluding carboxylic acids is 7. The number of hydrogen-bond donors (Lipinski definition) is 3. The maximum Gasteiger partial charge on any atom is 0.308 e. The number of aliphatic carboxylic acids is 1. The Labute approximate surface area is 282 Å². The van der Waals surface area contributed by atoms with Crippen LogP contribution in [0.25, 0.3) is 0 Å². The van der Waals surface area contributed by atoms with Crippen LogP contribution in [0.4, 0.5) is 0 Å². The Morgan fingerprint density at radius 3 is 1.45 bits per heavy atom. The lowest BCUT2D eigenvalue weighted by Gasteiger charge is -2.23. The highest BCUT2D eigenvalue weighted by Crippen LogP contribution is 2.33. The van der Waals surface area contributed by atoms with Crippen LogP contribution in [0.3, 0.4) is 0 Å². The van der Waals surface area contributed by atoms with Crippen molar-refractivity contribution in [2.45, 2.75) is 59.8 Å². The fourth-order valence-corrected chi connectivity index (χ4v) is 4.38. The Hall–Kier alpha value is -5.80. The van der Waals surface area contributed by atoms with Gasteiger partial charge in [-0.05, 0) is 43.5 Å². The molecule has 0 spiro atoms. The van der Waals surface area contributed by atoms with Crippen LogP contribution in [0.2, 0.25) is 0 Å². The van der Waals surface area contributed by atoms with Crippen molar-refractivity contribution >= 4 is 47.6 Å². The van der Waals surface area contributed by atoms with Crippen LogP contribution in [0.15, 0.2) is 36.4 Å². The number of rotatable bonds is 18. The predicted molar refractivity (Wildman–Crippen MR) is 170 cm³/mol. The molecule has 16 nitrogen and oxygen atoms in total. The molecular weight excluding hydrogens is 646 g/mol. The van der Waals surface area contributed by atoms with E-state index >= 15 is 0 Å². The highest BCUT2D eigenvalue weighted by atomic mass is 16.6. The predicted octanol–water partition coefficient (Wildman–Crippen LogP) is 2.41. The zero-order valence-corrected chi connectivity index (χ0v) is 27.6. The van der Waals surface area contributed by atoms with E-state index in [4.69, 9.17) is 24.1 Å². The molecule has 0 saturated carbocycles. The van der Waals surface area contributed by atoms with Crippen LogP contribution in [0.5, 0.6) is 23.0 Å². The second-order valence-corrected chi connectivity index (χ2v) is 10.5. The molecule has 0 fully saturated rings. The monoisotopic (exact) mass is 685 g/mol. The molecule has 0 heterocycles. The maximum absolute atomic E-state index is 12.9. The summed E-state index contributed by atoms with van der Waals surface area (Å²) >= 11 is 0. The van der Waals surface area contributed by atoms with Crippen molar-refractivity contribution in [1.29, 1.82) is 0 Å². The van der Waals surface area contributed by atoms with Gasteiger partial charge in [-0.25, -0.2) is 0 Å². The van der Waals surface area contributed by atoms with Gasteiger partial charge in [0.1, 0.15) is 0 Å². The Morgan fingerprint density at radius 2 is 1.02 bits per heavy atom. The molecular formula is C33H39N3O13. The molecule has 0 radical (unpaired) electrons. The molecule has 3 amide bonds. The summed E-state index contributed by atoms with van der Waals surface area (Å²) in [6, 6.07) is 8.44. The molecule has 49 heavy (non-hydrogen) atoms. The molecule has 16 heteroatoms. The van der Waals surface area contributed by atoms with Crippen molar-refractivity contribution < 1.29 is 62.4 Å². The number of para-hydroxylation sites is 2. The Balaban J connectivity index is 1.99. The lowest BCUT2D eigenvalue weighted by atomic mass is 10.1. The number of hydrogen-bond acceptors (Lipinski definition) is 12. The third kappa shape index (κ3) is 13.8. The summed E-state index contributed by atoms with van der Waals surface area (Å²) in [4.78, 5) is 97.2. The van der Waals surface area contributed by atoms with Gasteiger partial charge in [-0.3, -0.25) is 38.4 Å². The van der Waals surface area contributed by atoms with Crippen LogP contribution in [0.1, 0.15) is 80.5 Å². The molecule has 2 aromatic carbocycles. The fourth-order valence-electron chi connectivity index (χ4n) is 4.38. The van der Waals surface area contributed by atoms with Gasteiger partial charge in [-0.1, -0.05) is 12.1 Å². The third-order valence-corrected chi connectivity index (χ3v) is 6.38. The normalized spacial score (nSPS) is 10.3. The van der Waals surface area contributed by atoms with Gasteiger partial charge in [0.15, 0.2) is 23.0 Å². The van der Waals surface area contributed by atoms with E-state index in [9.17, 15) is 38.4 Å². The molecule has 0 saturated heterocycles. The van der Waals surface area contributed by atoms with Gasteiger partial charge < -0.3 is 39.6 Å². The molecule has 0 aliphatic carbocycles. The van der Waals surface area contributed by atoms with E-state index < -0.39 is 47.6 Å². The van der Waals surface area contributed by atoms with E-state index in [1.807, 2.05) is 0 Å². The number of nitrogens with zero attached hydrogens (tertiary/aromatic N) is 1. The number of benzene rings is 2. The molecule has 0 aromatic heterocycles. The number of nitrogens with one attached hydrogen (secondary N) is 2. The number of amides is 3. The van der Waals surface area contributed by atoms with Gasteiger partial charge in [-0.15, -0.1) is 0 Å². The summed E-state index contributed by atoms with van der Waals surface area (Å²) in [6.45, 7) is 5.23. The van der Waals surface area contributed by atoms with Crippen molar-refractivity contribution in [3.63, 3.8) is 0 Å². The first-order valence-electron chi connectivity index (χ1n) is 15.2. The van der Waals surface area contributed by atoms with E-state index in [-0.39, 0.29) is 79.6 Å². The van der Waals surface area contributed by atoms with E-state index in [0.717, 1.165) is 27.7 Å². The second kappa shape index (κ2) is 19.8. The summed E-state index contributed by atoms with van der Waals surface area (Å²) in [5, 5.41) is 14.4. The van der Waals surface area contributed by atoms with E-state index in [1.54, 1.807) is 0 Å². The Bertz CT molecular complexity index is 1570. The van der Waals surface area contributed by atoms with Gasteiger partial charge in [0, 0.05) is 60.3 Å². The molecule has 3 N–H and O–H groups in total. The highest BCUT2D eigenvalue weighted by molar-refractivity contribution is 5.99. The standard InChI is InChI=1S/C33H39N3O13/c1-20(37)46-26-12-7-10-24(30(26)48-22(3)39)32(44)34-16-5-6-18-36(28(41)14-15-29(42)43)19-9-17-35-33(45)25-11-8-13-27(47-21(2)38)31(25)49-23(4)40/h7-8,10-13H,5-6,9,14-19H2,1-4H3,(H,34,44)(H,35,45)(H,42,43). The minimum Gasteiger partial charge on any atom is -0.481 e. The topological polar surface area (TPSA) is 221 Å². The number of carbonyl (C=O) groups is 8. The number of esters is 4. The van der Waals surface area contributed by atoms with E-state index in [0.29, 0.717) is 12.8 Å². The Morgan fingerprint density at radius 1 is 0.592 bits per heavy atom. The molecule has 0 aliphatic rings. The average Bonchev–Trinajstić information content (AvgIpc) is 3.01. The van der Waals surface area contributed by atoms with Crippen molar-refractivity contribution in [2.75, 3.05) is 26.2 Å². The van der Waals surface area contributed by atoms with Gasteiger partial charge in [0.2, 0.25) is 5.91 Å². The molecule has 0 atom stereocenters. The Kier molecular flexibility index (Phi) is 15.9. The second-order valence-electron chi connectivity index (χ2n) is 10.5. The number of carboxylic acid groups (broad SMARTS) is 1. The van der Waals surface area contributed by atoms with Crippen LogP contribution < -0.4 is 29.6 Å². The van der Waals surface area contributed by atoms with E-state index in [2.05, 4.69) is 10.6 Å². The summed E-state index contributed by atoms with van der Waals surface area (Å²) in [7, 11) is 0. The number of ether oxygens (including phenoxy) is 4. The largest absolute Gasteiger partial charge is 0.481 e.